The van der Waals surface area contributed by atoms with E-state index in [1.54, 1.807) is 0 Å². The number of hydrogen-bond acceptors (Lipinski definition) is 4. The van der Waals surface area contributed by atoms with Gasteiger partial charge in [-0.05, 0) is 17.1 Å². The molecule has 0 bridgehead atoms. The minimum absolute atomic E-state index is 0.170. The van der Waals surface area contributed by atoms with E-state index in [2.05, 4.69) is 9.85 Å². The first-order chi connectivity index (χ1) is 8.25. The maximum atomic E-state index is 6.06. The van der Waals surface area contributed by atoms with Gasteiger partial charge in [0, 0.05) is 12.1 Å². The van der Waals surface area contributed by atoms with Gasteiger partial charge >= 0.3 is 0 Å². The predicted octanol–water partition coefficient (Wildman–Crippen LogP) is 3.80. The van der Waals surface area contributed by atoms with Gasteiger partial charge in [0.15, 0.2) is 0 Å². The number of nitrogens with zero attached hydrogens (tertiary/aromatic N) is 1. The quantitative estimate of drug-likeness (QED) is 0.853. The van der Waals surface area contributed by atoms with Crippen molar-refractivity contribution in [3.05, 3.63) is 50.6 Å². The second kappa shape index (κ2) is 4.46. The van der Waals surface area contributed by atoms with Crippen molar-refractivity contribution in [2.75, 3.05) is 0 Å². The Balaban J connectivity index is 1.85. The summed E-state index contributed by atoms with van der Waals surface area (Å²) < 4.78 is 4.72. The highest BCUT2D eigenvalue weighted by Gasteiger charge is 2.28. The van der Waals surface area contributed by atoms with E-state index in [4.69, 9.17) is 28.0 Å². The molecule has 1 aliphatic heterocycles. The monoisotopic (exact) mass is 286 g/mol. The molecular weight excluding hydrogens is 279 g/mol. The van der Waals surface area contributed by atoms with Crippen molar-refractivity contribution >= 4 is 34.7 Å². The Morgan fingerprint density at radius 2 is 2.12 bits per heavy atom. The van der Waals surface area contributed by atoms with E-state index in [9.17, 15) is 0 Å². The molecule has 3 rings (SSSR count). The predicted molar refractivity (Wildman–Crippen MR) is 69.0 cm³/mol. The van der Waals surface area contributed by atoms with Crippen LogP contribution in [0.4, 0.5) is 0 Å². The first kappa shape index (κ1) is 11.3. The number of allylic oxidation sites excluding steroid dienone is 5. The molecular formula is C11H8Cl2N2OS. The molecule has 1 unspecified atom stereocenters. The van der Waals surface area contributed by atoms with Crippen LogP contribution in [0.25, 0.3) is 0 Å². The molecule has 6 heteroatoms. The van der Waals surface area contributed by atoms with Crippen molar-refractivity contribution < 1.29 is 4.84 Å². The van der Waals surface area contributed by atoms with Crippen molar-refractivity contribution in [2.24, 2.45) is 0 Å². The van der Waals surface area contributed by atoms with Crippen LogP contribution in [0.15, 0.2) is 35.6 Å². The van der Waals surface area contributed by atoms with E-state index in [0.29, 0.717) is 15.1 Å². The fourth-order valence-corrected chi connectivity index (χ4v) is 2.88. The Labute approximate surface area is 112 Å². The molecule has 1 aromatic heterocycles. The van der Waals surface area contributed by atoms with E-state index in [-0.39, 0.29) is 6.10 Å². The van der Waals surface area contributed by atoms with E-state index in [1.807, 2.05) is 24.3 Å². The normalized spacial score (nSPS) is 22.6. The van der Waals surface area contributed by atoms with Crippen LogP contribution in [0, 0.1) is 0 Å². The van der Waals surface area contributed by atoms with Crippen LogP contribution in [-0.4, -0.2) is 4.37 Å². The van der Waals surface area contributed by atoms with Crippen molar-refractivity contribution in [2.45, 2.75) is 12.5 Å². The molecule has 1 saturated heterocycles. The molecule has 1 aliphatic carbocycles. The SMILES string of the molecule is Clc1snc(C2CC(=C3C=CC=C3)NO2)c1Cl. The number of rotatable bonds is 1. The van der Waals surface area contributed by atoms with Gasteiger partial charge in [-0.2, -0.15) is 4.37 Å². The van der Waals surface area contributed by atoms with Gasteiger partial charge in [0.1, 0.15) is 16.1 Å². The number of hydrogen-bond donors (Lipinski definition) is 1. The molecule has 2 aliphatic rings. The van der Waals surface area contributed by atoms with E-state index < -0.39 is 0 Å². The topological polar surface area (TPSA) is 34.2 Å². The van der Waals surface area contributed by atoms with Gasteiger partial charge in [-0.3, -0.25) is 10.3 Å². The summed E-state index contributed by atoms with van der Waals surface area (Å²) in [5.41, 5.74) is 5.80. The molecule has 2 heterocycles. The Kier molecular flexibility index (Phi) is 2.96. The van der Waals surface area contributed by atoms with Gasteiger partial charge in [-0.1, -0.05) is 47.5 Å². The van der Waals surface area contributed by atoms with Gasteiger partial charge in [-0.25, -0.2) is 0 Å². The van der Waals surface area contributed by atoms with Crippen molar-refractivity contribution in [1.82, 2.24) is 9.85 Å². The molecule has 1 aromatic rings. The molecule has 1 N–H and O–H groups in total. The number of hydroxylamine groups is 1. The lowest BCUT2D eigenvalue weighted by Crippen LogP contribution is -2.05. The third-order valence-corrected chi connectivity index (χ3v) is 4.29. The lowest BCUT2D eigenvalue weighted by Gasteiger charge is -2.02. The highest BCUT2D eigenvalue weighted by molar-refractivity contribution is 7.11. The standard InChI is InChI=1S/C11H8Cl2N2OS/c12-9-10(15-17-11(9)13)8-5-7(14-16-8)6-3-1-2-4-6/h1-4,8,14H,5H2. The molecule has 0 radical (unpaired) electrons. The molecule has 0 aromatic carbocycles. The van der Waals surface area contributed by atoms with Crippen LogP contribution >= 0.6 is 34.7 Å². The number of aromatic nitrogens is 1. The van der Waals surface area contributed by atoms with Gasteiger partial charge in [0.2, 0.25) is 0 Å². The molecule has 17 heavy (non-hydrogen) atoms. The lowest BCUT2D eigenvalue weighted by atomic mass is 10.1. The fourth-order valence-electron chi connectivity index (χ4n) is 1.79. The minimum Gasteiger partial charge on any atom is -0.270 e. The molecule has 0 spiro atoms. The van der Waals surface area contributed by atoms with Crippen LogP contribution in [0.1, 0.15) is 18.2 Å². The average Bonchev–Trinajstić information content (AvgIpc) is 3.01. The Hall–Kier alpha value is -0.810. The second-order valence-corrected chi connectivity index (χ2v) is 5.47. The van der Waals surface area contributed by atoms with Crippen LogP contribution in [0.2, 0.25) is 9.36 Å². The summed E-state index contributed by atoms with van der Waals surface area (Å²) in [7, 11) is 0. The Morgan fingerprint density at radius 1 is 1.35 bits per heavy atom. The minimum atomic E-state index is -0.170. The van der Waals surface area contributed by atoms with Crippen LogP contribution < -0.4 is 5.48 Å². The van der Waals surface area contributed by atoms with E-state index >= 15 is 0 Å². The van der Waals surface area contributed by atoms with Gasteiger partial charge in [0.25, 0.3) is 0 Å². The first-order valence-corrected chi connectivity index (χ1v) is 6.59. The third kappa shape index (κ3) is 2.02. The van der Waals surface area contributed by atoms with Crippen molar-refractivity contribution in [1.29, 1.82) is 0 Å². The molecule has 1 fully saturated rings. The summed E-state index contributed by atoms with van der Waals surface area (Å²) in [6.07, 6.45) is 8.60. The van der Waals surface area contributed by atoms with Crippen LogP contribution in [0.5, 0.6) is 0 Å². The Bertz CT molecular complexity index is 534. The molecule has 1 atom stereocenters. The van der Waals surface area contributed by atoms with Crippen molar-refractivity contribution in [3.8, 4) is 0 Å². The second-order valence-electron chi connectivity index (χ2n) is 3.72. The summed E-state index contributed by atoms with van der Waals surface area (Å²) in [4.78, 5) is 5.48. The third-order valence-electron chi connectivity index (χ3n) is 2.65. The fraction of sp³-hybridized carbons (Fsp3) is 0.182. The number of nitrogens with one attached hydrogen (secondary N) is 1. The highest BCUT2D eigenvalue weighted by atomic mass is 35.5. The van der Waals surface area contributed by atoms with E-state index in [1.165, 1.54) is 11.5 Å². The maximum absolute atomic E-state index is 6.06. The largest absolute Gasteiger partial charge is 0.270 e. The summed E-state index contributed by atoms with van der Waals surface area (Å²) in [5.74, 6) is 0. The Morgan fingerprint density at radius 3 is 2.76 bits per heavy atom. The zero-order valence-electron chi connectivity index (χ0n) is 8.61. The first-order valence-electron chi connectivity index (χ1n) is 5.06. The van der Waals surface area contributed by atoms with Crippen LogP contribution in [-0.2, 0) is 4.84 Å². The highest BCUT2D eigenvalue weighted by Crippen LogP contribution is 2.39. The van der Waals surface area contributed by atoms with Gasteiger partial charge in [-0.15, -0.1) is 0 Å². The van der Waals surface area contributed by atoms with Crippen LogP contribution in [0.3, 0.4) is 0 Å². The van der Waals surface area contributed by atoms with Crippen molar-refractivity contribution in [3.63, 3.8) is 0 Å². The number of halogens is 2. The zero-order chi connectivity index (χ0) is 11.8. The molecule has 3 nitrogen and oxygen atoms in total. The zero-order valence-corrected chi connectivity index (χ0v) is 10.9. The average molecular weight is 287 g/mol. The summed E-state index contributed by atoms with van der Waals surface area (Å²) in [5, 5.41) is 0.493. The lowest BCUT2D eigenvalue weighted by molar-refractivity contribution is 0.0370. The summed E-state index contributed by atoms with van der Waals surface area (Å²) in [6.45, 7) is 0. The van der Waals surface area contributed by atoms with Gasteiger partial charge in [0.05, 0.1) is 5.02 Å². The molecule has 0 amide bonds. The molecule has 0 saturated carbocycles. The smallest absolute Gasteiger partial charge is 0.135 e. The maximum Gasteiger partial charge on any atom is 0.135 e. The molecule has 88 valence electrons. The summed E-state index contributed by atoms with van der Waals surface area (Å²) in [6, 6.07) is 0. The van der Waals surface area contributed by atoms with Gasteiger partial charge < -0.3 is 0 Å². The summed E-state index contributed by atoms with van der Waals surface area (Å²) >= 11 is 13.1. The van der Waals surface area contributed by atoms with E-state index in [0.717, 1.165) is 17.7 Å².